The molecule has 1 saturated heterocycles. The van der Waals surface area contributed by atoms with E-state index in [4.69, 9.17) is 9.72 Å². The van der Waals surface area contributed by atoms with E-state index >= 15 is 0 Å². The molecule has 5 nitrogen and oxygen atoms in total. The third kappa shape index (κ3) is 3.40. The highest BCUT2D eigenvalue weighted by Gasteiger charge is 2.33. The van der Waals surface area contributed by atoms with E-state index in [2.05, 4.69) is 43.0 Å². The lowest BCUT2D eigenvalue weighted by Gasteiger charge is -2.34. The Balaban J connectivity index is 1.25. The number of thiazole rings is 1. The minimum absolute atomic E-state index is 0.0859. The van der Waals surface area contributed by atoms with E-state index in [1.807, 2.05) is 23.1 Å². The second kappa shape index (κ2) is 7.43. The molecule has 1 fully saturated rings. The highest BCUT2D eigenvalue weighted by Crippen LogP contribution is 2.40. The van der Waals surface area contributed by atoms with Gasteiger partial charge in [0.05, 0.1) is 22.3 Å². The van der Waals surface area contributed by atoms with Crippen LogP contribution >= 0.6 is 11.3 Å². The molecular formula is C23H25N3O2S. The molecule has 0 aliphatic carbocycles. The van der Waals surface area contributed by atoms with Crippen molar-refractivity contribution < 1.29 is 9.53 Å². The van der Waals surface area contributed by atoms with Crippen LogP contribution in [-0.2, 0) is 6.54 Å². The number of fused-ring (bicyclic) bond motifs is 2. The van der Waals surface area contributed by atoms with Gasteiger partial charge in [-0.3, -0.25) is 9.69 Å². The van der Waals surface area contributed by atoms with Gasteiger partial charge in [0.1, 0.15) is 16.9 Å². The maximum absolute atomic E-state index is 13.2. The molecule has 2 atom stereocenters. The van der Waals surface area contributed by atoms with E-state index in [0.29, 0.717) is 11.5 Å². The van der Waals surface area contributed by atoms with E-state index in [1.54, 1.807) is 11.3 Å². The van der Waals surface area contributed by atoms with Crippen molar-refractivity contribution in [3.8, 4) is 5.75 Å². The van der Waals surface area contributed by atoms with Gasteiger partial charge in [-0.25, -0.2) is 4.98 Å². The van der Waals surface area contributed by atoms with Crippen molar-refractivity contribution in [2.24, 2.45) is 0 Å². The quantitative estimate of drug-likeness (QED) is 0.655. The standard InChI is InChI=1S/C23H25N3O2S/c1-15-16(2)28-22-17(15)6-5-7-18(22)23(27)26-12-10-25(11-13-26)14-21-24-19-8-3-4-9-20(19)29-21/h3-9,15-16H,10-14H2,1-2H3/t15-,16-/m0/s1. The zero-order valence-electron chi connectivity index (χ0n) is 16.8. The van der Waals surface area contributed by atoms with Crippen molar-refractivity contribution in [2.75, 3.05) is 26.2 Å². The predicted molar refractivity (Wildman–Crippen MR) is 116 cm³/mol. The van der Waals surface area contributed by atoms with Gasteiger partial charge >= 0.3 is 0 Å². The Morgan fingerprint density at radius 3 is 2.69 bits per heavy atom. The number of carbonyl (C=O) groups excluding carboxylic acids is 1. The number of para-hydroxylation sites is 2. The van der Waals surface area contributed by atoms with Crippen LogP contribution in [0, 0.1) is 0 Å². The molecule has 0 N–H and O–H groups in total. The van der Waals surface area contributed by atoms with Crippen LogP contribution in [0.5, 0.6) is 5.75 Å². The van der Waals surface area contributed by atoms with E-state index in [1.165, 1.54) is 4.70 Å². The Hall–Kier alpha value is -2.44. The van der Waals surface area contributed by atoms with Gasteiger partial charge in [0.2, 0.25) is 0 Å². The second-order valence-electron chi connectivity index (χ2n) is 7.98. The zero-order chi connectivity index (χ0) is 20.0. The van der Waals surface area contributed by atoms with Gasteiger partial charge in [0, 0.05) is 37.7 Å². The van der Waals surface area contributed by atoms with Crippen molar-refractivity contribution >= 4 is 27.5 Å². The molecule has 1 amide bonds. The molecule has 29 heavy (non-hydrogen) atoms. The lowest BCUT2D eigenvalue weighted by molar-refractivity contribution is 0.0623. The molecule has 0 spiro atoms. The molecule has 5 rings (SSSR count). The van der Waals surface area contributed by atoms with Crippen LogP contribution < -0.4 is 4.74 Å². The Labute approximate surface area is 174 Å². The highest BCUT2D eigenvalue weighted by molar-refractivity contribution is 7.18. The molecule has 2 aliphatic rings. The first kappa shape index (κ1) is 18.6. The van der Waals surface area contributed by atoms with Gasteiger partial charge < -0.3 is 9.64 Å². The summed E-state index contributed by atoms with van der Waals surface area (Å²) in [5.74, 6) is 1.19. The number of amides is 1. The number of hydrogen-bond acceptors (Lipinski definition) is 5. The van der Waals surface area contributed by atoms with Gasteiger partial charge in [0.25, 0.3) is 5.91 Å². The summed E-state index contributed by atoms with van der Waals surface area (Å²) in [6.07, 6.45) is 0.115. The zero-order valence-corrected chi connectivity index (χ0v) is 17.6. The SMILES string of the molecule is C[C@@H]1Oc2c(C(=O)N3CCN(Cc4nc5ccccc5s4)CC3)cccc2[C@H]1C. The Kier molecular flexibility index (Phi) is 4.76. The average molecular weight is 408 g/mol. The molecule has 2 aliphatic heterocycles. The predicted octanol–water partition coefficient (Wildman–Crippen LogP) is 4.14. The van der Waals surface area contributed by atoms with E-state index in [0.717, 1.165) is 54.6 Å². The molecule has 0 saturated carbocycles. The minimum Gasteiger partial charge on any atom is -0.489 e. The fraction of sp³-hybridized carbons (Fsp3) is 0.391. The van der Waals surface area contributed by atoms with Gasteiger partial charge in [-0.2, -0.15) is 0 Å². The van der Waals surface area contributed by atoms with E-state index < -0.39 is 0 Å². The van der Waals surface area contributed by atoms with Crippen LogP contribution in [0.3, 0.4) is 0 Å². The second-order valence-corrected chi connectivity index (χ2v) is 9.09. The van der Waals surface area contributed by atoms with Gasteiger partial charge in [-0.1, -0.05) is 31.2 Å². The van der Waals surface area contributed by atoms with E-state index in [9.17, 15) is 4.79 Å². The normalized spacial score (nSPS) is 21.9. The van der Waals surface area contributed by atoms with Crippen LogP contribution in [0.25, 0.3) is 10.2 Å². The van der Waals surface area contributed by atoms with Crippen molar-refractivity contribution in [1.29, 1.82) is 0 Å². The monoisotopic (exact) mass is 407 g/mol. The van der Waals surface area contributed by atoms with Gasteiger partial charge in [-0.15, -0.1) is 11.3 Å². The van der Waals surface area contributed by atoms with E-state index in [-0.39, 0.29) is 12.0 Å². The molecule has 150 valence electrons. The number of benzene rings is 2. The number of piperazine rings is 1. The maximum atomic E-state index is 13.2. The summed E-state index contributed by atoms with van der Waals surface area (Å²) in [6.45, 7) is 8.28. The third-order valence-corrected chi connectivity index (χ3v) is 7.15. The molecule has 3 heterocycles. The van der Waals surface area contributed by atoms with Crippen molar-refractivity contribution in [1.82, 2.24) is 14.8 Å². The molecular weight excluding hydrogens is 382 g/mol. The summed E-state index contributed by atoms with van der Waals surface area (Å²) in [7, 11) is 0. The largest absolute Gasteiger partial charge is 0.489 e. The number of hydrogen-bond donors (Lipinski definition) is 0. The number of ether oxygens (including phenoxy) is 1. The topological polar surface area (TPSA) is 45.7 Å². The molecule has 0 radical (unpaired) electrons. The molecule has 0 unspecified atom stereocenters. The fourth-order valence-corrected chi connectivity index (χ4v) is 5.22. The lowest BCUT2D eigenvalue weighted by Crippen LogP contribution is -2.48. The van der Waals surface area contributed by atoms with Crippen LogP contribution in [0.15, 0.2) is 42.5 Å². The lowest BCUT2D eigenvalue weighted by atomic mass is 9.96. The fourth-order valence-electron chi connectivity index (χ4n) is 4.21. The van der Waals surface area contributed by atoms with Gasteiger partial charge in [0.15, 0.2) is 0 Å². The Morgan fingerprint density at radius 1 is 1.10 bits per heavy atom. The summed E-state index contributed by atoms with van der Waals surface area (Å²) in [4.78, 5) is 22.3. The van der Waals surface area contributed by atoms with Gasteiger partial charge in [-0.05, 0) is 25.1 Å². The Bertz CT molecular complexity index is 1020. The molecule has 6 heteroatoms. The summed E-state index contributed by atoms with van der Waals surface area (Å²) < 4.78 is 7.26. The molecule has 3 aromatic rings. The summed E-state index contributed by atoms with van der Waals surface area (Å²) in [5, 5.41) is 1.14. The summed E-state index contributed by atoms with van der Waals surface area (Å²) in [5.41, 5.74) is 2.93. The number of rotatable bonds is 3. The highest BCUT2D eigenvalue weighted by atomic mass is 32.1. The first-order valence-corrected chi connectivity index (χ1v) is 11.1. The first-order chi connectivity index (χ1) is 14.1. The van der Waals surface area contributed by atoms with Crippen LogP contribution in [0.1, 0.15) is 40.7 Å². The van der Waals surface area contributed by atoms with Crippen LogP contribution in [0.4, 0.5) is 0 Å². The summed E-state index contributed by atoms with van der Waals surface area (Å²) >= 11 is 1.76. The molecule has 2 aromatic carbocycles. The maximum Gasteiger partial charge on any atom is 0.257 e. The third-order valence-electron chi connectivity index (χ3n) is 6.13. The Morgan fingerprint density at radius 2 is 1.90 bits per heavy atom. The van der Waals surface area contributed by atoms with Crippen LogP contribution in [0.2, 0.25) is 0 Å². The van der Waals surface area contributed by atoms with Crippen molar-refractivity contribution in [3.63, 3.8) is 0 Å². The van der Waals surface area contributed by atoms with Crippen molar-refractivity contribution in [2.45, 2.75) is 32.4 Å². The number of aromatic nitrogens is 1. The minimum atomic E-state index is 0.0859. The number of nitrogens with zero attached hydrogens (tertiary/aromatic N) is 3. The molecule has 0 bridgehead atoms. The van der Waals surface area contributed by atoms with Crippen molar-refractivity contribution in [3.05, 3.63) is 58.6 Å². The first-order valence-electron chi connectivity index (χ1n) is 10.3. The average Bonchev–Trinajstić information content (AvgIpc) is 3.28. The number of carbonyl (C=O) groups is 1. The molecule has 1 aromatic heterocycles. The van der Waals surface area contributed by atoms with Crippen LogP contribution in [-0.4, -0.2) is 53.0 Å². The smallest absolute Gasteiger partial charge is 0.257 e. The summed E-state index contributed by atoms with van der Waals surface area (Å²) in [6, 6.07) is 14.2.